The number of hydrogen-bond acceptors (Lipinski definition) is 3. The van der Waals surface area contributed by atoms with Gasteiger partial charge in [-0.15, -0.1) is 0 Å². The molecule has 1 aromatic rings. The third-order valence-corrected chi connectivity index (χ3v) is 2.84. The van der Waals surface area contributed by atoms with Crippen molar-refractivity contribution in [2.45, 2.75) is 20.4 Å². The Labute approximate surface area is 107 Å². The molecule has 0 bridgehead atoms. The minimum Gasteiger partial charge on any atom is -0.359 e. The second-order valence-corrected chi connectivity index (χ2v) is 4.87. The van der Waals surface area contributed by atoms with E-state index in [-0.39, 0.29) is 11.5 Å². The molecular weight excluding hydrogens is 230 g/mol. The molecule has 0 atom stereocenters. The third kappa shape index (κ3) is 4.00. The van der Waals surface area contributed by atoms with Gasteiger partial charge in [-0.25, -0.2) is 0 Å². The fraction of sp³-hybridized carbons (Fsp3) is 0.538. The Morgan fingerprint density at radius 2 is 2.11 bits per heavy atom. The van der Waals surface area contributed by atoms with Gasteiger partial charge in [-0.1, -0.05) is 6.07 Å². The van der Waals surface area contributed by atoms with E-state index in [2.05, 4.69) is 10.6 Å². The maximum absolute atomic E-state index is 11.5. The van der Waals surface area contributed by atoms with E-state index in [1.54, 1.807) is 23.9 Å². The summed E-state index contributed by atoms with van der Waals surface area (Å²) in [7, 11) is 1.63. The van der Waals surface area contributed by atoms with E-state index in [9.17, 15) is 9.59 Å². The Morgan fingerprint density at radius 1 is 1.39 bits per heavy atom. The van der Waals surface area contributed by atoms with Gasteiger partial charge in [0.2, 0.25) is 5.91 Å². The van der Waals surface area contributed by atoms with Crippen LogP contribution in [0.25, 0.3) is 0 Å². The second-order valence-electron chi connectivity index (χ2n) is 4.87. The van der Waals surface area contributed by atoms with Crippen molar-refractivity contribution in [3.63, 3.8) is 0 Å². The van der Waals surface area contributed by atoms with Gasteiger partial charge >= 0.3 is 0 Å². The summed E-state index contributed by atoms with van der Waals surface area (Å²) in [5, 5.41) is 5.83. The van der Waals surface area contributed by atoms with Crippen LogP contribution in [0.15, 0.2) is 29.2 Å². The lowest BCUT2D eigenvalue weighted by molar-refractivity contribution is -0.128. The molecule has 100 valence electrons. The predicted octanol–water partition coefficient (Wildman–Crippen LogP) is 0.210. The molecule has 2 N–H and O–H groups in total. The fourth-order valence-electron chi connectivity index (χ4n) is 1.66. The molecule has 0 aliphatic heterocycles. The average Bonchev–Trinajstić information content (AvgIpc) is 2.35. The van der Waals surface area contributed by atoms with Gasteiger partial charge < -0.3 is 15.2 Å². The Balaban J connectivity index is 2.38. The van der Waals surface area contributed by atoms with Crippen molar-refractivity contribution in [2.75, 3.05) is 20.1 Å². The van der Waals surface area contributed by atoms with Crippen LogP contribution in [0.1, 0.15) is 13.8 Å². The highest BCUT2D eigenvalue weighted by Crippen LogP contribution is 2.12. The first-order valence-corrected chi connectivity index (χ1v) is 6.06. The minimum absolute atomic E-state index is 0.00637. The third-order valence-electron chi connectivity index (χ3n) is 2.84. The monoisotopic (exact) mass is 251 g/mol. The van der Waals surface area contributed by atoms with Crippen LogP contribution in [0, 0.1) is 5.41 Å². The summed E-state index contributed by atoms with van der Waals surface area (Å²) in [5.74, 6) is 0.00637. The Hall–Kier alpha value is -1.62. The molecule has 0 saturated heterocycles. The van der Waals surface area contributed by atoms with Gasteiger partial charge in [-0.2, -0.15) is 0 Å². The van der Waals surface area contributed by atoms with E-state index >= 15 is 0 Å². The van der Waals surface area contributed by atoms with Gasteiger partial charge in [0.15, 0.2) is 0 Å². The van der Waals surface area contributed by atoms with E-state index in [1.165, 1.54) is 6.07 Å². The van der Waals surface area contributed by atoms with Crippen molar-refractivity contribution >= 4 is 5.91 Å². The smallest absolute Gasteiger partial charge is 0.250 e. The minimum atomic E-state index is -0.448. The Bertz CT molecular complexity index is 452. The van der Waals surface area contributed by atoms with Gasteiger partial charge in [0, 0.05) is 38.9 Å². The van der Waals surface area contributed by atoms with Crippen molar-refractivity contribution in [2.24, 2.45) is 5.41 Å². The van der Waals surface area contributed by atoms with Crippen molar-refractivity contribution in [1.29, 1.82) is 0 Å². The van der Waals surface area contributed by atoms with Crippen molar-refractivity contribution in [1.82, 2.24) is 15.2 Å². The van der Waals surface area contributed by atoms with Crippen LogP contribution in [0.2, 0.25) is 0 Å². The zero-order valence-corrected chi connectivity index (χ0v) is 11.2. The molecule has 1 rings (SSSR count). The van der Waals surface area contributed by atoms with Crippen molar-refractivity contribution in [3.8, 4) is 0 Å². The van der Waals surface area contributed by atoms with Gasteiger partial charge in [-0.05, 0) is 19.9 Å². The number of aromatic nitrogens is 1. The van der Waals surface area contributed by atoms with Crippen LogP contribution in [0.4, 0.5) is 0 Å². The molecule has 0 spiro atoms. The molecule has 0 aliphatic rings. The quantitative estimate of drug-likeness (QED) is 0.710. The summed E-state index contributed by atoms with van der Waals surface area (Å²) in [5.41, 5.74) is -0.457. The molecule has 5 heteroatoms. The van der Waals surface area contributed by atoms with E-state index in [0.29, 0.717) is 19.6 Å². The van der Waals surface area contributed by atoms with Crippen LogP contribution < -0.4 is 16.2 Å². The number of amides is 1. The average molecular weight is 251 g/mol. The van der Waals surface area contributed by atoms with E-state index in [0.717, 1.165) is 0 Å². The first-order chi connectivity index (χ1) is 8.47. The molecule has 0 saturated carbocycles. The fourth-order valence-corrected chi connectivity index (χ4v) is 1.66. The highest BCUT2D eigenvalue weighted by atomic mass is 16.2. The molecule has 0 aromatic carbocycles. The molecule has 1 heterocycles. The molecule has 0 aliphatic carbocycles. The van der Waals surface area contributed by atoms with E-state index in [1.807, 2.05) is 19.9 Å². The SMILES string of the molecule is CNC(=O)C(C)(C)CNCCn1ccccc1=O. The Kier molecular flexibility index (Phi) is 5.09. The number of hydrogen-bond donors (Lipinski definition) is 2. The number of nitrogens with one attached hydrogen (secondary N) is 2. The number of rotatable bonds is 6. The molecule has 5 nitrogen and oxygen atoms in total. The highest BCUT2D eigenvalue weighted by molar-refractivity contribution is 5.81. The van der Waals surface area contributed by atoms with Gasteiger partial charge in [0.25, 0.3) is 5.56 Å². The molecule has 0 fully saturated rings. The van der Waals surface area contributed by atoms with Gasteiger partial charge in [0.1, 0.15) is 0 Å². The maximum atomic E-state index is 11.5. The topological polar surface area (TPSA) is 63.1 Å². The lowest BCUT2D eigenvalue weighted by Gasteiger charge is -2.23. The predicted molar refractivity (Wildman–Crippen MR) is 71.4 cm³/mol. The first kappa shape index (κ1) is 14.4. The summed E-state index contributed by atoms with van der Waals surface area (Å²) < 4.78 is 1.64. The van der Waals surface area contributed by atoms with Crippen LogP contribution in [0.3, 0.4) is 0 Å². The molecule has 0 radical (unpaired) electrons. The van der Waals surface area contributed by atoms with Crippen LogP contribution in [0.5, 0.6) is 0 Å². The lowest BCUT2D eigenvalue weighted by atomic mass is 9.92. The van der Waals surface area contributed by atoms with E-state index < -0.39 is 5.41 Å². The molecule has 1 amide bonds. The second kappa shape index (κ2) is 6.35. The highest BCUT2D eigenvalue weighted by Gasteiger charge is 2.25. The zero-order chi connectivity index (χ0) is 13.6. The number of carbonyl (C=O) groups is 1. The van der Waals surface area contributed by atoms with Crippen LogP contribution in [-0.2, 0) is 11.3 Å². The maximum Gasteiger partial charge on any atom is 0.250 e. The molecule has 1 aromatic heterocycles. The first-order valence-electron chi connectivity index (χ1n) is 6.06. The Morgan fingerprint density at radius 3 is 2.72 bits per heavy atom. The largest absolute Gasteiger partial charge is 0.359 e. The zero-order valence-electron chi connectivity index (χ0n) is 11.2. The summed E-state index contributed by atoms with van der Waals surface area (Å²) in [6.45, 7) is 5.60. The van der Waals surface area contributed by atoms with Crippen molar-refractivity contribution < 1.29 is 4.79 Å². The van der Waals surface area contributed by atoms with Crippen LogP contribution >= 0.6 is 0 Å². The van der Waals surface area contributed by atoms with Gasteiger partial charge in [-0.3, -0.25) is 9.59 Å². The molecule has 18 heavy (non-hydrogen) atoms. The summed E-state index contributed by atoms with van der Waals surface area (Å²) in [6, 6.07) is 5.09. The summed E-state index contributed by atoms with van der Waals surface area (Å²) in [4.78, 5) is 23.0. The summed E-state index contributed by atoms with van der Waals surface area (Å²) in [6.07, 6.45) is 1.76. The van der Waals surface area contributed by atoms with E-state index in [4.69, 9.17) is 0 Å². The van der Waals surface area contributed by atoms with Gasteiger partial charge in [0.05, 0.1) is 5.41 Å². The standard InChI is InChI=1S/C13H21N3O2/c1-13(2,12(18)14-3)10-15-7-9-16-8-5-4-6-11(16)17/h4-6,8,15H,7,9-10H2,1-3H3,(H,14,18). The van der Waals surface area contributed by atoms with Crippen molar-refractivity contribution in [3.05, 3.63) is 34.7 Å². The van der Waals surface area contributed by atoms with Crippen LogP contribution in [-0.4, -0.2) is 30.6 Å². The number of carbonyl (C=O) groups excluding carboxylic acids is 1. The number of nitrogens with zero attached hydrogens (tertiary/aromatic N) is 1. The molecule has 0 unspecified atom stereocenters. The normalized spacial score (nSPS) is 11.3. The lowest BCUT2D eigenvalue weighted by Crippen LogP contribution is -2.43. The molecular formula is C13H21N3O2. The summed E-state index contributed by atoms with van der Waals surface area (Å²) >= 11 is 0. The number of pyridine rings is 1.